The van der Waals surface area contributed by atoms with E-state index < -0.39 is 12.1 Å². The lowest BCUT2D eigenvalue weighted by Crippen LogP contribution is -2.48. The van der Waals surface area contributed by atoms with Crippen LogP contribution in [0.5, 0.6) is 0 Å². The minimum Gasteiger partial charge on any atom is -0.390 e. The second-order valence-corrected chi connectivity index (χ2v) is 10.2. The van der Waals surface area contributed by atoms with Gasteiger partial charge in [-0.2, -0.15) is 0 Å². The summed E-state index contributed by atoms with van der Waals surface area (Å²) in [7, 11) is 2.07. The Bertz CT molecular complexity index is 1110. The van der Waals surface area contributed by atoms with Gasteiger partial charge < -0.3 is 24.6 Å². The summed E-state index contributed by atoms with van der Waals surface area (Å²) in [5, 5.41) is 18.5. The molecule has 182 valence electrons. The highest BCUT2D eigenvalue weighted by atomic mass is 32.2. The molecule has 2 aromatic carbocycles. The molecule has 0 unspecified atom stereocenters. The Hall–Kier alpha value is -2.48. The van der Waals surface area contributed by atoms with Gasteiger partial charge in [0.1, 0.15) is 0 Å². The summed E-state index contributed by atoms with van der Waals surface area (Å²) in [5.41, 5.74) is 5.25. The van der Waals surface area contributed by atoms with E-state index in [0.717, 1.165) is 48.3 Å². The number of hydrogen-bond acceptors (Lipinski definition) is 5. The molecule has 0 saturated carbocycles. The zero-order chi connectivity index (χ0) is 24.1. The number of aromatic nitrogens is 1. The molecule has 34 heavy (non-hydrogen) atoms. The average molecular weight is 481 g/mol. The molecule has 1 aliphatic heterocycles. The lowest BCUT2D eigenvalue weighted by molar-refractivity contribution is 0.0831. The highest BCUT2D eigenvalue weighted by molar-refractivity contribution is 8.00. The molecule has 7 heteroatoms. The van der Waals surface area contributed by atoms with Crippen molar-refractivity contribution in [2.24, 2.45) is 0 Å². The Morgan fingerprint density at radius 1 is 1.21 bits per heavy atom. The van der Waals surface area contributed by atoms with Gasteiger partial charge in [-0.15, -0.1) is 0 Å². The molecule has 4 rings (SSSR count). The summed E-state index contributed by atoms with van der Waals surface area (Å²) < 4.78 is 4.50. The summed E-state index contributed by atoms with van der Waals surface area (Å²) in [6.07, 6.45) is 4.03. The smallest absolute Gasteiger partial charge is 0.251 e. The number of nitrogens with zero attached hydrogens (tertiary/aromatic N) is 2. The average Bonchev–Trinajstić information content (AvgIpc) is 3.12. The Morgan fingerprint density at radius 3 is 2.74 bits per heavy atom. The fourth-order valence-electron chi connectivity index (χ4n) is 4.63. The van der Waals surface area contributed by atoms with Crippen molar-refractivity contribution in [3.05, 3.63) is 65.4 Å². The van der Waals surface area contributed by atoms with Crippen molar-refractivity contribution in [3.63, 3.8) is 0 Å². The minimum absolute atomic E-state index is 0.147. The molecule has 1 aromatic heterocycles. The van der Waals surface area contributed by atoms with Crippen molar-refractivity contribution in [1.29, 1.82) is 0 Å². The number of nitrogens with one attached hydrogen (secondary N) is 2. The molecule has 1 amide bonds. The number of carbonyl (C=O) groups is 1. The lowest BCUT2D eigenvalue weighted by atomic mass is 10.00. The highest BCUT2D eigenvalue weighted by Gasteiger charge is 2.25. The minimum atomic E-state index is -0.688. The number of anilines is 1. The van der Waals surface area contributed by atoms with Crippen molar-refractivity contribution in [2.75, 3.05) is 30.2 Å². The molecular weight excluding hydrogens is 444 g/mol. The molecule has 1 aliphatic rings. The van der Waals surface area contributed by atoms with Crippen molar-refractivity contribution in [2.45, 2.75) is 51.8 Å². The molecule has 3 aromatic rings. The Labute approximate surface area is 206 Å². The van der Waals surface area contributed by atoms with Gasteiger partial charge in [-0.1, -0.05) is 44.2 Å². The zero-order valence-electron chi connectivity index (χ0n) is 20.4. The van der Waals surface area contributed by atoms with Crippen LogP contribution >= 0.6 is 11.9 Å². The molecule has 0 spiro atoms. The Balaban J connectivity index is 1.63. The van der Waals surface area contributed by atoms with E-state index in [1.165, 1.54) is 11.1 Å². The molecule has 0 fully saturated rings. The standard InChI is InChI=1S/C27H36N4O2S/c1-4-11-28-17-25(32)23(14-19-9-7-6-8-10-19)29-27(33)21-15-22-20(5-2)18-31-12-13-34-30(3)24(16-21)26(22)31/h6-10,15-16,18,23,25,28,32H,4-5,11-14,17H2,1-3H3,(H,29,33)/t23-,25+/m0/s1. The van der Waals surface area contributed by atoms with E-state index in [-0.39, 0.29) is 5.91 Å². The van der Waals surface area contributed by atoms with Crippen LogP contribution in [0, 0.1) is 0 Å². The van der Waals surface area contributed by atoms with Crippen molar-refractivity contribution >= 4 is 34.4 Å². The van der Waals surface area contributed by atoms with Crippen LogP contribution < -0.4 is 14.9 Å². The maximum absolute atomic E-state index is 13.5. The van der Waals surface area contributed by atoms with Gasteiger partial charge in [-0.3, -0.25) is 4.79 Å². The summed E-state index contributed by atoms with van der Waals surface area (Å²) >= 11 is 1.77. The topological polar surface area (TPSA) is 69.5 Å². The summed E-state index contributed by atoms with van der Waals surface area (Å²) in [4.78, 5) is 13.5. The molecule has 2 atom stereocenters. The van der Waals surface area contributed by atoms with E-state index in [0.29, 0.717) is 18.5 Å². The number of carbonyl (C=O) groups excluding carboxylic acids is 1. The van der Waals surface area contributed by atoms with Gasteiger partial charge in [0.05, 0.1) is 23.3 Å². The van der Waals surface area contributed by atoms with Crippen LogP contribution in [-0.2, 0) is 19.4 Å². The second kappa shape index (κ2) is 11.3. The van der Waals surface area contributed by atoms with Crippen molar-refractivity contribution in [3.8, 4) is 0 Å². The van der Waals surface area contributed by atoms with Crippen LogP contribution in [0.25, 0.3) is 10.9 Å². The van der Waals surface area contributed by atoms with Crippen LogP contribution in [0.1, 0.15) is 41.8 Å². The van der Waals surface area contributed by atoms with E-state index in [1.54, 1.807) is 11.9 Å². The van der Waals surface area contributed by atoms with E-state index >= 15 is 0 Å². The van der Waals surface area contributed by atoms with Crippen LogP contribution in [-0.4, -0.2) is 53.6 Å². The second-order valence-electron chi connectivity index (χ2n) is 8.96. The molecule has 2 heterocycles. The predicted molar refractivity (Wildman–Crippen MR) is 143 cm³/mol. The third-order valence-electron chi connectivity index (χ3n) is 6.49. The predicted octanol–water partition coefficient (Wildman–Crippen LogP) is 4.00. The normalized spacial score (nSPS) is 15.2. The largest absolute Gasteiger partial charge is 0.390 e. The number of amides is 1. The number of aliphatic hydroxyl groups is 1. The molecule has 6 nitrogen and oxygen atoms in total. The first-order valence-electron chi connectivity index (χ1n) is 12.3. The number of benzene rings is 2. The van der Waals surface area contributed by atoms with Crippen LogP contribution in [0.2, 0.25) is 0 Å². The Kier molecular flexibility index (Phi) is 8.19. The van der Waals surface area contributed by atoms with Gasteiger partial charge in [0, 0.05) is 43.0 Å². The summed E-state index contributed by atoms with van der Waals surface area (Å²) in [6.45, 7) is 6.49. The lowest BCUT2D eigenvalue weighted by Gasteiger charge is -2.25. The van der Waals surface area contributed by atoms with Gasteiger partial charge in [-0.25, -0.2) is 0 Å². The van der Waals surface area contributed by atoms with E-state index in [2.05, 4.69) is 46.6 Å². The fourth-order valence-corrected chi connectivity index (χ4v) is 5.47. The quantitative estimate of drug-likeness (QED) is 0.302. The van der Waals surface area contributed by atoms with E-state index in [9.17, 15) is 9.90 Å². The maximum Gasteiger partial charge on any atom is 0.251 e. The van der Waals surface area contributed by atoms with Gasteiger partial charge >= 0.3 is 0 Å². The molecule has 0 radical (unpaired) electrons. The number of rotatable bonds is 10. The van der Waals surface area contributed by atoms with Crippen LogP contribution in [0.3, 0.4) is 0 Å². The van der Waals surface area contributed by atoms with Gasteiger partial charge in [0.25, 0.3) is 5.91 Å². The monoisotopic (exact) mass is 480 g/mol. The molecular formula is C27H36N4O2S. The SMILES string of the molecule is CCCNC[C@@H](O)[C@H](Cc1ccccc1)NC(=O)c1cc2c3c(c1)c(CC)cn3CCSN2C. The highest BCUT2D eigenvalue weighted by Crippen LogP contribution is 2.37. The van der Waals surface area contributed by atoms with Crippen molar-refractivity contribution in [1.82, 2.24) is 15.2 Å². The number of hydrogen-bond donors (Lipinski definition) is 3. The third kappa shape index (κ3) is 5.43. The molecule has 0 bridgehead atoms. The number of aryl methyl sites for hydroxylation is 2. The van der Waals surface area contributed by atoms with E-state index in [1.807, 2.05) is 42.5 Å². The Morgan fingerprint density at radius 2 is 2.00 bits per heavy atom. The van der Waals surface area contributed by atoms with E-state index in [4.69, 9.17) is 0 Å². The van der Waals surface area contributed by atoms with Crippen molar-refractivity contribution < 1.29 is 9.90 Å². The van der Waals surface area contributed by atoms with Gasteiger partial charge in [0.15, 0.2) is 0 Å². The van der Waals surface area contributed by atoms with Gasteiger partial charge in [0.2, 0.25) is 0 Å². The van der Waals surface area contributed by atoms with Crippen LogP contribution in [0.4, 0.5) is 5.69 Å². The fraction of sp³-hybridized carbons (Fsp3) is 0.444. The first-order valence-corrected chi connectivity index (χ1v) is 13.2. The first-order chi connectivity index (χ1) is 16.5. The summed E-state index contributed by atoms with van der Waals surface area (Å²) in [5.74, 6) is 0.849. The molecule has 0 aliphatic carbocycles. The zero-order valence-corrected chi connectivity index (χ0v) is 21.2. The summed E-state index contributed by atoms with van der Waals surface area (Å²) in [6, 6.07) is 13.6. The first kappa shape index (κ1) is 24.6. The van der Waals surface area contributed by atoms with Crippen LogP contribution in [0.15, 0.2) is 48.7 Å². The number of aliphatic hydroxyl groups excluding tert-OH is 1. The molecule has 0 saturated heterocycles. The molecule has 3 N–H and O–H groups in total. The maximum atomic E-state index is 13.5. The van der Waals surface area contributed by atoms with Gasteiger partial charge in [-0.05, 0) is 61.0 Å². The third-order valence-corrected chi connectivity index (χ3v) is 7.44.